The van der Waals surface area contributed by atoms with E-state index in [1.165, 1.54) is 24.3 Å². The Morgan fingerprint density at radius 3 is 2.59 bits per heavy atom. The molecule has 1 heterocycles. The van der Waals surface area contributed by atoms with Gasteiger partial charge in [0.05, 0.1) is 12.1 Å². The van der Waals surface area contributed by atoms with E-state index in [-0.39, 0.29) is 17.4 Å². The molecular formula is C25H20ClFO5. The summed E-state index contributed by atoms with van der Waals surface area (Å²) < 4.78 is 35.4. The summed E-state index contributed by atoms with van der Waals surface area (Å²) in [5.41, 5.74) is 2.05. The van der Waals surface area contributed by atoms with Gasteiger partial charge in [-0.1, -0.05) is 23.7 Å². The van der Waals surface area contributed by atoms with Crippen molar-refractivity contribution in [1.82, 2.24) is 0 Å². The van der Waals surface area contributed by atoms with Crippen LogP contribution >= 0.6 is 11.6 Å². The van der Waals surface area contributed by atoms with E-state index < -0.39 is 5.82 Å². The first-order chi connectivity index (χ1) is 15.5. The minimum Gasteiger partial charge on any atom is -0.496 e. The van der Waals surface area contributed by atoms with E-state index in [2.05, 4.69) is 0 Å². The van der Waals surface area contributed by atoms with Gasteiger partial charge in [-0.05, 0) is 60.2 Å². The van der Waals surface area contributed by atoms with E-state index in [4.69, 9.17) is 30.5 Å². The van der Waals surface area contributed by atoms with Crippen molar-refractivity contribution in [3.05, 3.63) is 88.2 Å². The molecule has 0 fully saturated rings. The normalized spacial score (nSPS) is 12.6. The number of fused-ring (bicyclic) bond motifs is 1. The molecule has 0 N–H and O–H groups in total. The average molecular weight is 455 g/mol. The van der Waals surface area contributed by atoms with Crippen LogP contribution in [0.2, 0.25) is 5.02 Å². The van der Waals surface area contributed by atoms with Gasteiger partial charge in [-0.3, -0.25) is 4.79 Å². The van der Waals surface area contributed by atoms with Crippen molar-refractivity contribution in [2.45, 2.75) is 6.61 Å². The molecular weight excluding hydrogens is 435 g/mol. The number of hydrogen-bond donors (Lipinski definition) is 0. The highest BCUT2D eigenvalue weighted by Gasteiger charge is 2.14. The van der Waals surface area contributed by atoms with Crippen LogP contribution in [0.1, 0.15) is 21.5 Å². The van der Waals surface area contributed by atoms with Crippen molar-refractivity contribution < 1.29 is 28.1 Å². The largest absolute Gasteiger partial charge is 0.496 e. The van der Waals surface area contributed by atoms with E-state index in [0.29, 0.717) is 41.8 Å². The molecule has 0 saturated carbocycles. The quantitative estimate of drug-likeness (QED) is 0.337. The van der Waals surface area contributed by atoms with Crippen LogP contribution in [0.3, 0.4) is 0 Å². The second kappa shape index (κ2) is 9.75. The Bertz CT molecular complexity index is 1170. The Hall–Kier alpha value is -3.51. The third kappa shape index (κ3) is 5.03. The molecule has 0 atom stereocenters. The predicted molar refractivity (Wildman–Crippen MR) is 120 cm³/mol. The Morgan fingerprint density at radius 2 is 1.81 bits per heavy atom. The zero-order chi connectivity index (χ0) is 22.5. The first kappa shape index (κ1) is 21.7. The summed E-state index contributed by atoms with van der Waals surface area (Å²) >= 11 is 6.03. The van der Waals surface area contributed by atoms with Crippen molar-refractivity contribution in [3.8, 4) is 23.0 Å². The molecule has 0 spiro atoms. The molecule has 164 valence electrons. The predicted octanol–water partition coefficient (Wildman–Crippen LogP) is 5.73. The topological polar surface area (TPSA) is 54.0 Å². The molecule has 0 saturated heterocycles. The first-order valence-electron chi connectivity index (χ1n) is 9.90. The van der Waals surface area contributed by atoms with Crippen molar-refractivity contribution >= 4 is 23.5 Å². The first-order valence-corrected chi connectivity index (χ1v) is 10.3. The lowest BCUT2D eigenvalue weighted by Gasteiger charge is -2.18. The minimum absolute atomic E-state index is 0.159. The van der Waals surface area contributed by atoms with Crippen LogP contribution in [0, 0.1) is 5.82 Å². The number of benzene rings is 3. The van der Waals surface area contributed by atoms with Gasteiger partial charge in [-0.15, -0.1) is 0 Å². The summed E-state index contributed by atoms with van der Waals surface area (Å²) in [6, 6.07) is 14.5. The number of halogens is 2. The summed E-state index contributed by atoms with van der Waals surface area (Å²) in [4.78, 5) is 12.6. The molecule has 7 heteroatoms. The van der Waals surface area contributed by atoms with E-state index in [9.17, 15) is 9.18 Å². The van der Waals surface area contributed by atoms with Crippen LogP contribution in [-0.2, 0) is 6.61 Å². The molecule has 1 aliphatic rings. The molecule has 0 aliphatic carbocycles. The molecule has 5 nitrogen and oxygen atoms in total. The number of ether oxygens (including phenoxy) is 4. The molecule has 32 heavy (non-hydrogen) atoms. The van der Waals surface area contributed by atoms with Crippen LogP contribution in [-0.4, -0.2) is 26.1 Å². The number of hydrogen-bond acceptors (Lipinski definition) is 5. The Kier molecular flexibility index (Phi) is 6.61. The summed E-state index contributed by atoms with van der Waals surface area (Å²) in [5, 5.41) is 0.185. The molecule has 3 aromatic rings. The fraction of sp³-hybridized carbons (Fsp3) is 0.160. The molecule has 0 aromatic heterocycles. The Balaban J connectivity index is 1.49. The minimum atomic E-state index is -0.435. The third-order valence-electron chi connectivity index (χ3n) is 4.84. The van der Waals surface area contributed by atoms with Gasteiger partial charge in [0.2, 0.25) is 0 Å². The Labute approximate surface area is 189 Å². The van der Waals surface area contributed by atoms with Gasteiger partial charge in [0.25, 0.3) is 0 Å². The van der Waals surface area contributed by atoms with Gasteiger partial charge < -0.3 is 18.9 Å². The number of methoxy groups -OCH3 is 1. The molecule has 0 bridgehead atoms. The smallest absolute Gasteiger partial charge is 0.185 e. The maximum Gasteiger partial charge on any atom is 0.185 e. The standard InChI is InChI=1S/C25H20ClFO5/c1-29-22-7-3-16(12-18(22)15-32-23-9-5-19(27)14-20(23)26)2-6-21(28)17-4-8-24-25(13-17)31-11-10-30-24/h2-9,12-14H,10-11,15H2,1H3/b6-2+. The van der Waals surface area contributed by atoms with Gasteiger partial charge >= 0.3 is 0 Å². The number of allylic oxidation sites excluding steroid dienone is 1. The van der Waals surface area contributed by atoms with Crippen LogP contribution in [0.5, 0.6) is 23.0 Å². The van der Waals surface area contributed by atoms with Gasteiger partial charge in [0.1, 0.15) is 37.1 Å². The second-order valence-corrected chi connectivity index (χ2v) is 7.40. The molecule has 3 aromatic carbocycles. The van der Waals surface area contributed by atoms with Gasteiger partial charge in [0.15, 0.2) is 17.3 Å². The van der Waals surface area contributed by atoms with E-state index in [1.807, 2.05) is 12.1 Å². The molecule has 4 rings (SSSR count). The van der Waals surface area contributed by atoms with Crippen LogP contribution < -0.4 is 18.9 Å². The zero-order valence-electron chi connectivity index (χ0n) is 17.3. The van der Waals surface area contributed by atoms with E-state index in [1.54, 1.807) is 37.5 Å². The highest BCUT2D eigenvalue weighted by Crippen LogP contribution is 2.31. The Morgan fingerprint density at radius 1 is 1.03 bits per heavy atom. The van der Waals surface area contributed by atoms with Crippen LogP contribution in [0.4, 0.5) is 4.39 Å². The SMILES string of the molecule is COc1ccc(/C=C/C(=O)c2ccc3c(c2)OCCO3)cc1COc1ccc(F)cc1Cl. The number of carbonyl (C=O) groups excluding carboxylic acids is 1. The monoisotopic (exact) mass is 454 g/mol. The zero-order valence-corrected chi connectivity index (χ0v) is 18.0. The molecule has 1 aliphatic heterocycles. The summed E-state index contributed by atoms with van der Waals surface area (Å²) in [5.74, 6) is 1.60. The van der Waals surface area contributed by atoms with Crippen molar-refractivity contribution in [1.29, 1.82) is 0 Å². The van der Waals surface area contributed by atoms with Gasteiger partial charge in [0, 0.05) is 11.1 Å². The average Bonchev–Trinajstić information content (AvgIpc) is 2.81. The van der Waals surface area contributed by atoms with Crippen molar-refractivity contribution in [3.63, 3.8) is 0 Å². The third-order valence-corrected chi connectivity index (χ3v) is 5.13. The highest BCUT2D eigenvalue weighted by atomic mass is 35.5. The summed E-state index contributed by atoms with van der Waals surface area (Å²) in [6.45, 7) is 1.11. The second-order valence-electron chi connectivity index (χ2n) is 6.99. The summed E-state index contributed by atoms with van der Waals surface area (Å²) in [6.07, 6.45) is 3.21. The number of carbonyl (C=O) groups is 1. The lowest BCUT2D eigenvalue weighted by molar-refractivity contribution is 0.104. The fourth-order valence-corrected chi connectivity index (χ4v) is 3.45. The maximum absolute atomic E-state index is 13.2. The summed E-state index contributed by atoms with van der Waals surface area (Å²) in [7, 11) is 1.56. The van der Waals surface area contributed by atoms with E-state index >= 15 is 0 Å². The highest BCUT2D eigenvalue weighted by molar-refractivity contribution is 6.32. The maximum atomic E-state index is 13.2. The van der Waals surface area contributed by atoms with Crippen LogP contribution in [0.15, 0.2) is 60.7 Å². The molecule has 0 amide bonds. The molecule has 0 radical (unpaired) electrons. The van der Waals surface area contributed by atoms with E-state index in [0.717, 1.165) is 11.1 Å². The fourth-order valence-electron chi connectivity index (χ4n) is 3.23. The number of ketones is 1. The van der Waals surface area contributed by atoms with Crippen molar-refractivity contribution in [2.24, 2.45) is 0 Å². The lowest BCUT2D eigenvalue weighted by Crippen LogP contribution is -2.15. The van der Waals surface area contributed by atoms with Crippen LogP contribution in [0.25, 0.3) is 6.08 Å². The van der Waals surface area contributed by atoms with Crippen molar-refractivity contribution in [2.75, 3.05) is 20.3 Å². The molecule has 0 unspecified atom stereocenters. The lowest BCUT2D eigenvalue weighted by atomic mass is 10.1. The number of rotatable bonds is 7. The van der Waals surface area contributed by atoms with Gasteiger partial charge in [-0.25, -0.2) is 4.39 Å². The van der Waals surface area contributed by atoms with Gasteiger partial charge in [-0.2, -0.15) is 0 Å².